The third-order valence-corrected chi connectivity index (χ3v) is 2.61. The minimum atomic E-state index is -0.549. The zero-order valence-corrected chi connectivity index (χ0v) is 11.7. The molecule has 2 aromatic carbocycles. The van der Waals surface area contributed by atoms with E-state index < -0.39 is 9.96 Å². The van der Waals surface area contributed by atoms with Gasteiger partial charge in [-0.25, -0.2) is 10.1 Å². The molecule has 0 heterocycles. The van der Waals surface area contributed by atoms with Gasteiger partial charge in [-0.1, -0.05) is 42.5 Å². The van der Waals surface area contributed by atoms with E-state index in [0.717, 1.165) is 11.1 Å². The number of hydrogen-bond acceptors (Lipinski definition) is 5. The van der Waals surface area contributed by atoms with Crippen molar-refractivity contribution in [1.29, 1.82) is 0 Å². The standard InChI is InChI=1S/2C7H8N2O2/c8-5-6-2-1-3-7(4-6)9(10)11;10-9(11)8-6-7-4-2-1-3-5-7/h1-4H,5,8H2;1-5,8H,6H2. The molecule has 0 fully saturated rings. The van der Waals surface area contributed by atoms with Crippen LogP contribution in [0, 0.1) is 20.2 Å². The molecule has 0 unspecified atom stereocenters. The number of nitrogens with two attached hydrogens (primary N) is 1. The fourth-order valence-electron chi connectivity index (χ4n) is 1.55. The van der Waals surface area contributed by atoms with Gasteiger partial charge >= 0.3 is 0 Å². The second-order valence-electron chi connectivity index (χ2n) is 4.21. The van der Waals surface area contributed by atoms with E-state index in [-0.39, 0.29) is 12.2 Å². The zero-order chi connectivity index (χ0) is 16.4. The summed E-state index contributed by atoms with van der Waals surface area (Å²) >= 11 is 0. The number of hydrogen-bond donors (Lipinski definition) is 2. The van der Waals surface area contributed by atoms with Gasteiger partial charge in [0.15, 0.2) is 5.03 Å². The van der Waals surface area contributed by atoms with Crippen LogP contribution in [0.1, 0.15) is 11.1 Å². The first-order valence-corrected chi connectivity index (χ1v) is 6.38. The van der Waals surface area contributed by atoms with Gasteiger partial charge in [0.05, 0.1) is 4.92 Å². The molecule has 2 rings (SSSR count). The number of nitrogens with one attached hydrogen (secondary N) is 1. The summed E-state index contributed by atoms with van der Waals surface area (Å²) in [7, 11) is 0. The minimum absolute atomic E-state index is 0.0907. The van der Waals surface area contributed by atoms with Gasteiger partial charge in [0.1, 0.15) is 6.54 Å². The van der Waals surface area contributed by atoms with Gasteiger partial charge in [-0.15, -0.1) is 5.43 Å². The number of benzene rings is 2. The van der Waals surface area contributed by atoms with Crippen molar-refractivity contribution in [2.45, 2.75) is 13.1 Å². The van der Waals surface area contributed by atoms with E-state index in [4.69, 9.17) is 5.73 Å². The average Bonchev–Trinajstić information content (AvgIpc) is 2.54. The van der Waals surface area contributed by atoms with Crippen LogP contribution in [0.15, 0.2) is 54.6 Å². The maximum Gasteiger partial charge on any atom is 0.269 e. The molecule has 0 bridgehead atoms. The molecule has 0 saturated heterocycles. The van der Waals surface area contributed by atoms with Crippen molar-refractivity contribution in [3.63, 3.8) is 0 Å². The number of nitro benzene ring substituents is 1. The van der Waals surface area contributed by atoms with Crippen LogP contribution in [0.25, 0.3) is 0 Å². The first kappa shape index (κ1) is 17.1. The Hall–Kier alpha value is -3.00. The first-order chi connectivity index (χ1) is 10.5. The summed E-state index contributed by atoms with van der Waals surface area (Å²) in [6.45, 7) is 0.607. The number of nitrogens with zero attached hydrogens (tertiary/aromatic N) is 2. The SMILES string of the molecule is NCc1cccc([N+](=O)[O-])c1.O=[N+]([O-])NCc1ccccc1. The van der Waals surface area contributed by atoms with Crippen molar-refractivity contribution < 1.29 is 9.96 Å². The van der Waals surface area contributed by atoms with Crippen LogP contribution < -0.4 is 11.2 Å². The maximum atomic E-state index is 10.2. The summed E-state index contributed by atoms with van der Waals surface area (Å²) in [6.07, 6.45) is 0. The lowest BCUT2D eigenvalue weighted by Gasteiger charge is -1.95. The smallest absolute Gasteiger partial charge is 0.269 e. The number of non-ortho nitro benzene ring substituents is 1. The van der Waals surface area contributed by atoms with E-state index in [1.807, 2.05) is 30.3 Å². The fraction of sp³-hybridized carbons (Fsp3) is 0.143. The van der Waals surface area contributed by atoms with Crippen molar-refractivity contribution in [2.75, 3.05) is 0 Å². The highest BCUT2D eigenvalue weighted by molar-refractivity contribution is 5.33. The Morgan fingerprint density at radius 2 is 1.59 bits per heavy atom. The third-order valence-electron chi connectivity index (χ3n) is 2.61. The topological polar surface area (TPSA) is 124 Å². The molecule has 0 atom stereocenters. The normalized spacial score (nSPS) is 9.32. The van der Waals surface area contributed by atoms with E-state index in [2.05, 4.69) is 5.43 Å². The Balaban J connectivity index is 0.000000220. The van der Waals surface area contributed by atoms with Crippen molar-refractivity contribution in [2.24, 2.45) is 5.73 Å². The molecule has 0 aliphatic carbocycles. The Labute approximate surface area is 126 Å². The second-order valence-corrected chi connectivity index (χ2v) is 4.21. The molecule has 0 aliphatic heterocycles. The third kappa shape index (κ3) is 6.44. The molecule has 0 radical (unpaired) electrons. The lowest BCUT2D eigenvalue weighted by molar-refractivity contribution is -0.546. The molecular weight excluding hydrogens is 288 g/mol. The molecule has 0 aliphatic rings. The molecule has 8 heteroatoms. The summed E-state index contributed by atoms with van der Waals surface area (Å²) < 4.78 is 0. The Morgan fingerprint density at radius 1 is 0.955 bits per heavy atom. The van der Waals surface area contributed by atoms with Crippen molar-refractivity contribution in [1.82, 2.24) is 5.43 Å². The number of nitro groups is 2. The van der Waals surface area contributed by atoms with Crippen molar-refractivity contribution >= 4 is 5.69 Å². The average molecular weight is 304 g/mol. The molecule has 0 amide bonds. The Kier molecular flexibility index (Phi) is 7.00. The van der Waals surface area contributed by atoms with E-state index in [1.54, 1.807) is 12.1 Å². The molecule has 8 nitrogen and oxygen atoms in total. The molecule has 0 saturated carbocycles. The van der Waals surface area contributed by atoms with Crippen LogP contribution in [0.5, 0.6) is 0 Å². The van der Waals surface area contributed by atoms with E-state index in [1.165, 1.54) is 12.1 Å². The highest BCUT2D eigenvalue weighted by Gasteiger charge is 2.03. The van der Waals surface area contributed by atoms with Gasteiger partial charge in [0.2, 0.25) is 0 Å². The molecular formula is C14H16N4O4. The number of rotatable bonds is 5. The van der Waals surface area contributed by atoms with Crippen LogP contribution in [0.4, 0.5) is 5.69 Å². The predicted octanol–water partition coefficient (Wildman–Crippen LogP) is 2.02. The largest absolute Gasteiger partial charge is 0.326 e. The monoisotopic (exact) mass is 304 g/mol. The van der Waals surface area contributed by atoms with Crippen molar-refractivity contribution in [3.8, 4) is 0 Å². The summed E-state index contributed by atoms with van der Waals surface area (Å²) in [5.74, 6) is 0. The molecule has 3 N–H and O–H groups in total. The highest BCUT2D eigenvalue weighted by Crippen LogP contribution is 2.11. The van der Waals surface area contributed by atoms with Gasteiger partial charge in [0, 0.05) is 18.7 Å². The quantitative estimate of drug-likeness (QED) is 0.643. The van der Waals surface area contributed by atoms with Gasteiger partial charge in [-0.05, 0) is 11.1 Å². The maximum absolute atomic E-state index is 10.2. The summed E-state index contributed by atoms with van der Waals surface area (Å²) in [6, 6.07) is 15.5. The summed E-state index contributed by atoms with van der Waals surface area (Å²) in [4.78, 5) is 19.7. The molecule has 0 aromatic heterocycles. The molecule has 0 spiro atoms. The Morgan fingerprint density at radius 3 is 2.14 bits per heavy atom. The van der Waals surface area contributed by atoms with Crippen LogP contribution in [0.2, 0.25) is 0 Å². The molecule has 116 valence electrons. The summed E-state index contributed by atoms with van der Waals surface area (Å²) in [5, 5.41) is 19.6. The van der Waals surface area contributed by atoms with E-state index in [9.17, 15) is 20.2 Å². The zero-order valence-electron chi connectivity index (χ0n) is 11.7. The lowest BCUT2D eigenvalue weighted by atomic mass is 10.2. The van der Waals surface area contributed by atoms with Gasteiger partial charge < -0.3 is 5.73 Å². The van der Waals surface area contributed by atoms with Gasteiger partial charge in [0.25, 0.3) is 5.69 Å². The second kappa shape index (κ2) is 9.03. The molecule has 22 heavy (non-hydrogen) atoms. The Bertz CT molecular complexity index is 619. The van der Waals surface area contributed by atoms with E-state index in [0.29, 0.717) is 6.54 Å². The van der Waals surface area contributed by atoms with Gasteiger partial charge in [-0.3, -0.25) is 10.1 Å². The highest BCUT2D eigenvalue weighted by atomic mass is 16.7. The predicted molar refractivity (Wildman–Crippen MR) is 81.3 cm³/mol. The molecule has 2 aromatic rings. The van der Waals surface area contributed by atoms with Crippen LogP contribution >= 0.6 is 0 Å². The lowest BCUT2D eigenvalue weighted by Crippen LogP contribution is -2.20. The summed E-state index contributed by atoms with van der Waals surface area (Å²) in [5.41, 5.74) is 9.15. The van der Waals surface area contributed by atoms with Crippen LogP contribution in [0.3, 0.4) is 0 Å². The minimum Gasteiger partial charge on any atom is -0.326 e. The van der Waals surface area contributed by atoms with Crippen molar-refractivity contribution in [3.05, 3.63) is 86.0 Å². The number of hydrazine groups is 1. The first-order valence-electron chi connectivity index (χ1n) is 6.38. The van der Waals surface area contributed by atoms with Gasteiger partial charge in [-0.2, -0.15) is 0 Å². The van der Waals surface area contributed by atoms with Crippen LogP contribution in [-0.4, -0.2) is 9.96 Å². The fourth-order valence-corrected chi connectivity index (χ4v) is 1.55. The van der Waals surface area contributed by atoms with E-state index >= 15 is 0 Å². The van der Waals surface area contributed by atoms with Crippen LogP contribution in [-0.2, 0) is 13.1 Å².